The second kappa shape index (κ2) is 6.14. The maximum Gasteiger partial charge on any atom is 0.133 e. The summed E-state index contributed by atoms with van der Waals surface area (Å²) in [5, 5.41) is 2.21. The summed E-state index contributed by atoms with van der Waals surface area (Å²) < 4.78 is 0. The fourth-order valence-corrected chi connectivity index (χ4v) is 3.44. The minimum Gasteiger partial charge on any atom is -0.398 e. The van der Waals surface area contributed by atoms with Gasteiger partial charge in [-0.2, -0.15) is 0 Å². The van der Waals surface area contributed by atoms with Gasteiger partial charge in [0.1, 0.15) is 5.15 Å². The molecule has 2 N–H and O–H groups in total. The lowest BCUT2D eigenvalue weighted by Gasteiger charge is -2.07. The lowest BCUT2D eigenvalue weighted by Crippen LogP contribution is -1.89. The van der Waals surface area contributed by atoms with Gasteiger partial charge < -0.3 is 5.73 Å². The highest BCUT2D eigenvalue weighted by molar-refractivity contribution is 7.98. The molecule has 106 valence electrons. The Hall–Kier alpha value is -1.42. The van der Waals surface area contributed by atoms with E-state index in [4.69, 9.17) is 28.9 Å². The summed E-state index contributed by atoms with van der Waals surface area (Å²) in [4.78, 5) is 5.48. The summed E-state index contributed by atoms with van der Waals surface area (Å²) in [5.41, 5.74) is 8.22. The van der Waals surface area contributed by atoms with Gasteiger partial charge in [-0.15, -0.1) is 11.8 Å². The molecule has 0 bridgehead atoms. The van der Waals surface area contributed by atoms with Crippen molar-refractivity contribution in [2.24, 2.45) is 0 Å². The number of hydrogen-bond acceptors (Lipinski definition) is 3. The Bertz CT molecular complexity index is 805. The average Bonchev–Trinajstić information content (AvgIpc) is 2.48. The van der Waals surface area contributed by atoms with Gasteiger partial charge in [0.15, 0.2) is 0 Å². The molecule has 0 unspecified atom stereocenters. The number of para-hydroxylation sites is 1. The summed E-state index contributed by atoms with van der Waals surface area (Å²) in [5.74, 6) is 0.733. The summed E-state index contributed by atoms with van der Waals surface area (Å²) in [6.07, 6.45) is 0. The summed E-state index contributed by atoms with van der Waals surface area (Å²) >= 11 is 13.9. The molecule has 3 aromatic rings. The Balaban J connectivity index is 1.84. The van der Waals surface area contributed by atoms with Gasteiger partial charge in [-0.25, -0.2) is 4.98 Å². The number of benzene rings is 2. The lowest BCUT2D eigenvalue weighted by molar-refractivity contribution is 1.30. The minimum atomic E-state index is 0.544. The standard InChI is InChI=1S/C16H12Cl2N2S/c17-13-8-12(5-6-14(13)19)21-9-11-7-10-3-1-2-4-15(10)20-16(11)18/h1-8H,9,19H2. The van der Waals surface area contributed by atoms with E-state index in [2.05, 4.69) is 11.1 Å². The molecule has 0 atom stereocenters. The van der Waals surface area contributed by atoms with Gasteiger partial charge >= 0.3 is 0 Å². The first-order valence-electron chi connectivity index (χ1n) is 6.35. The van der Waals surface area contributed by atoms with Crippen LogP contribution in [-0.4, -0.2) is 4.98 Å². The monoisotopic (exact) mass is 334 g/mol. The van der Waals surface area contributed by atoms with Gasteiger partial charge in [-0.3, -0.25) is 0 Å². The molecule has 5 heteroatoms. The summed E-state index contributed by atoms with van der Waals surface area (Å²) in [7, 11) is 0. The molecule has 21 heavy (non-hydrogen) atoms. The topological polar surface area (TPSA) is 38.9 Å². The van der Waals surface area contributed by atoms with E-state index in [0.29, 0.717) is 15.9 Å². The van der Waals surface area contributed by atoms with E-state index in [1.807, 2.05) is 42.5 Å². The van der Waals surface area contributed by atoms with Crippen LogP contribution in [-0.2, 0) is 5.75 Å². The van der Waals surface area contributed by atoms with E-state index in [0.717, 1.165) is 27.1 Å². The molecule has 0 aliphatic carbocycles. The van der Waals surface area contributed by atoms with Gasteiger partial charge in [0.05, 0.1) is 16.2 Å². The van der Waals surface area contributed by atoms with Crippen molar-refractivity contribution in [1.29, 1.82) is 0 Å². The molecular weight excluding hydrogens is 323 g/mol. The summed E-state index contributed by atoms with van der Waals surface area (Å²) in [6.45, 7) is 0. The zero-order valence-electron chi connectivity index (χ0n) is 11.0. The molecule has 1 heterocycles. The predicted octanol–water partition coefficient (Wildman–Crippen LogP) is 5.42. The Morgan fingerprint density at radius 1 is 1.05 bits per heavy atom. The molecule has 0 spiro atoms. The highest BCUT2D eigenvalue weighted by Crippen LogP contribution is 2.31. The molecular formula is C16H12Cl2N2S. The smallest absolute Gasteiger partial charge is 0.133 e. The van der Waals surface area contributed by atoms with Crippen molar-refractivity contribution in [3.8, 4) is 0 Å². The second-order valence-electron chi connectivity index (χ2n) is 4.60. The maximum absolute atomic E-state index is 6.26. The van der Waals surface area contributed by atoms with Crippen molar-refractivity contribution < 1.29 is 0 Å². The number of aromatic nitrogens is 1. The van der Waals surface area contributed by atoms with Gasteiger partial charge in [-0.1, -0.05) is 41.4 Å². The quantitative estimate of drug-likeness (QED) is 0.395. The van der Waals surface area contributed by atoms with E-state index in [1.165, 1.54) is 0 Å². The number of nitrogens with two attached hydrogens (primary N) is 1. The molecule has 2 aromatic carbocycles. The highest BCUT2D eigenvalue weighted by atomic mass is 35.5. The highest BCUT2D eigenvalue weighted by Gasteiger charge is 2.06. The maximum atomic E-state index is 6.26. The van der Waals surface area contributed by atoms with Crippen LogP contribution < -0.4 is 5.73 Å². The number of nitrogens with zero attached hydrogens (tertiary/aromatic N) is 1. The number of pyridine rings is 1. The Morgan fingerprint density at radius 2 is 1.86 bits per heavy atom. The van der Waals surface area contributed by atoms with Crippen LogP contribution in [0.3, 0.4) is 0 Å². The van der Waals surface area contributed by atoms with Crippen LogP contribution in [0.4, 0.5) is 5.69 Å². The summed E-state index contributed by atoms with van der Waals surface area (Å²) in [6, 6.07) is 15.6. The Kier molecular flexibility index (Phi) is 4.24. The van der Waals surface area contributed by atoms with E-state index in [-0.39, 0.29) is 0 Å². The van der Waals surface area contributed by atoms with Crippen molar-refractivity contribution in [3.05, 3.63) is 64.3 Å². The molecule has 0 fully saturated rings. The molecule has 0 saturated carbocycles. The molecule has 0 radical (unpaired) electrons. The van der Waals surface area contributed by atoms with Crippen LogP contribution >= 0.6 is 35.0 Å². The van der Waals surface area contributed by atoms with E-state index in [1.54, 1.807) is 11.8 Å². The third-order valence-corrected chi connectivity index (χ3v) is 4.81. The number of anilines is 1. The number of thioether (sulfide) groups is 1. The number of hydrogen-bond donors (Lipinski definition) is 1. The third-order valence-electron chi connectivity index (χ3n) is 3.12. The third kappa shape index (κ3) is 3.26. The molecule has 2 nitrogen and oxygen atoms in total. The molecule has 0 aliphatic rings. The van der Waals surface area contributed by atoms with Gasteiger partial charge in [0, 0.05) is 21.6 Å². The van der Waals surface area contributed by atoms with Gasteiger partial charge in [-0.05, 0) is 30.3 Å². The zero-order chi connectivity index (χ0) is 14.8. The molecule has 0 saturated heterocycles. The first-order chi connectivity index (χ1) is 10.1. The van der Waals surface area contributed by atoms with Crippen LogP contribution in [0.2, 0.25) is 10.2 Å². The molecule has 3 rings (SSSR count). The number of nitrogen functional groups attached to an aromatic ring is 1. The van der Waals surface area contributed by atoms with Crippen molar-refractivity contribution in [2.45, 2.75) is 10.6 Å². The Morgan fingerprint density at radius 3 is 2.67 bits per heavy atom. The number of fused-ring (bicyclic) bond motifs is 1. The van der Waals surface area contributed by atoms with E-state index >= 15 is 0 Å². The van der Waals surface area contributed by atoms with Gasteiger partial charge in [0.2, 0.25) is 0 Å². The predicted molar refractivity (Wildman–Crippen MR) is 92.2 cm³/mol. The SMILES string of the molecule is Nc1ccc(SCc2cc3ccccc3nc2Cl)cc1Cl. The largest absolute Gasteiger partial charge is 0.398 e. The first-order valence-corrected chi connectivity index (χ1v) is 8.09. The number of halogens is 2. The number of rotatable bonds is 3. The van der Waals surface area contributed by atoms with Crippen LogP contribution in [0.1, 0.15) is 5.56 Å². The van der Waals surface area contributed by atoms with Crippen LogP contribution in [0.25, 0.3) is 10.9 Å². The van der Waals surface area contributed by atoms with Crippen LogP contribution in [0, 0.1) is 0 Å². The lowest BCUT2D eigenvalue weighted by atomic mass is 10.2. The van der Waals surface area contributed by atoms with Crippen molar-refractivity contribution >= 4 is 51.6 Å². The average molecular weight is 335 g/mol. The fourth-order valence-electron chi connectivity index (χ4n) is 2.00. The van der Waals surface area contributed by atoms with E-state index < -0.39 is 0 Å². The van der Waals surface area contributed by atoms with E-state index in [9.17, 15) is 0 Å². The molecule has 0 amide bonds. The van der Waals surface area contributed by atoms with Crippen molar-refractivity contribution in [1.82, 2.24) is 4.98 Å². The molecule has 0 aliphatic heterocycles. The van der Waals surface area contributed by atoms with Gasteiger partial charge in [0.25, 0.3) is 0 Å². The van der Waals surface area contributed by atoms with Crippen molar-refractivity contribution in [2.75, 3.05) is 5.73 Å². The molecule has 1 aromatic heterocycles. The fraction of sp³-hybridized carbons (Fsp3) is 0.0625. The van der Waals surface area contributed by atoms with Crippen molar-refractivity contribution in [3.63, 3.8) is 0 Å². The van der Waals surface area contributed by atoms with Crippen LogP contribution in [0.15, 0.2) is 53.4 Å². The second-order valence-corrected chi connectivity index (χ2v) is 6.42. The van der Waals surface area contributed by atoms with Crippen LogP contribution in [0.5, 0.6) is 0 Å². The first kappa shape index (κ1) is 14.5. The zero-order valence-corrected chi connectivity index (χ0v) is 13.3. The Labute approximate surface area is 137 Å². The normalized spacial score (nSPS) is 11.0. The minimum absolute atomic E-state index is 0.544.